The predicted molar refractivity (Wildman–Crippen MR) is 109 cm³/mol. The summed E-state index contributed by atoms with van der Waals surface area (Å²) >= 11 is 7.29. The summed E-state index contributed by atoms with van der Waals surface area (Å²) in [5.74, 6) is 3.32. The number of hydrogen-bond acceptors (Lipinski definition) is 8. The van der Waals surface area contributed by atoms with Crippen molar-refractivity contribution >= 4 is 23.4 Å². The topological polar surface area (TPSA) is 99.0 Å². The Morgan fingerprint density at radius 1 is 1.00 bits per heavy atom. The van der Waals surface area contributed by atoms with Gasteiger partial charge >= 0.3 is 0 Å². The summed E-state index contributed by atoms with van der Waals surface area (Å²) in [5.41, 5.74) is 1.62. The van der Waals surface area contributed by atoms with Gasteiger partial charge in [0.15, 0.2) is 5.82 Å². The van der Waals surface area contributed by atoms with Gasteiger partial charge in [0.1, 0.15) is 11.5 Å². The van der Waals surface area contributed by atoms with Gasteiger partial charge in [0, 0.05) is 22.2 Å². The maximum absolute atomic E-state index is 5.90. The molecule has 29 heavy (non-hydrogen) atoms. The van der Waals surface area contributed by atoms with Crippen molar-refractivity contribution in [1.29, 1.82) is 0 Å². The van der Waals surface area contributed by atoms with Crippen LogP contribution in [0.2, 0.25) is 5.02 Å². The third kappa shape index (κ3) is 4.52. The zero-order valence-electron chi connectivity index (χ0n) is 15.5. The zero-order chi connectivity index (χ0) is 20.2. The molecule has 0 bridgehead atoms. The molecule has 8 nitrogen and oxygen atoms in total. The molecular weight excluding hydrogens is 414 g/mol. The van der Waals surface area contributed by atoms with Crippen LogP contribution in [0.15, 0.2) is 52.0 Å². The summed E-state index contributed by atoms with van der Waals surface area (Å²) < 4.78 is 16.3. The van der Waals surface area contributed by atoms with Crippen LogP contribution in [0.1, 0.15) is 5.89 Å². The van der Waals surface area contributed by atoms with Crippen molar-refractivity contribution in [3.8, 4) is 34.3 Å². The van der Waals surface area contributed by atoms with Crippen LogP contribution in [0.4, 0.5) is 0 Å². The molecule has 0 spiro atoms. The lowest BCUT2D eigenvalue weighted by Gasteiger charge is -2.06. The van der Waals surface area contributed by atoms with E-state index < -0.39 is 0 Å². The molecule has 0 saturated carbocycles. The molecular formula is C19H16ClN5O3S. The van der Waals surface area contributed by atoms with Crippen LogP contribution in [0.3, 0.4) is 0 Å². The number of halogens is 1. The van der Waals surface area contributed by atoms with Crippen LogP contribution in [-0.2, 0) is 5.75 Å². The lowest BCUT2D eigenvalue weighted by molar-refractivity contribution is 0.394. The number of thioether (sulfide) groups is 1. The largest absolute Gasteiger partial charge is 0.497 e. The molecule has 2 heterocycles. The number of methoxy groups -OCH3 is 2. The average molecular weight is 430 g/mol. The fourth-order valence-electron chi connectivity index (χ4n) is 2.53. The van der Waals surface area contributed by atoms with Gasteiger partial charge in [-0.3, -0.25) is 5.10 Å². The first-order chi connectivity index (χ1) is 14.1. The van der Waals surface area contributed by atoms with E-state index in [4.69, 9.17) is 25.5 Å². The lowest BCUT2D eigenvalue weighted by Crippen LogP contribution is -1.89. The van der Waals surface area contributed by atoms with E-state index in [2.05, 4.69) is 25.4 Å². The molecule has 0 aliphatic heterocycles. The SMILES string of the molecule is COc1cc(OC)cc(-c2nc(SCc3nnc(-c4ccc(Cl)cc4)o3)n[nH]2)c1. The number of aromatic nitrogens is 5. The monoisotopic (exact) mass is 429 g/mol. The predicted octanol–water partition coefficient (Wildman–Crippen LogP) is 4.48. The molecule has 2 aromatic heterocycles. The van der Waals surface area contributed by atoms with Crippen molar-refractivity contribution in [3.63, 3.8) is 0 Å². The van der Waals surface area contributed by atoms with Crippen molar-refractivity contribution in [1.82, 2.24) is 25.4 Å². The summed E-state index contributed by atoms with van der Waals surface area (Å²) in [4.78, 5) is 4.50. The first-order valence-corrected chi connectivity index (χ1v) is 9.88. The van der Waals surface area contributed by atoms with Crippen LogP contribution in [0.25, 0.3) is 22.8 Å². The number of rotatable bonds is 7. The molecule has 0 radical (unpaired) electrons. The molecule has 0 saturated heterocycles. The van der Waals surface area contributed by atoms with Crippen LogP contribution >= 0.6 is 23.4 Å². The van der Waals surface area contributed by atoms with Crippen LogP contribution in [0, 0.1) is 0 Å². The first kappa shape index (κ1) is 19.3. The standard InChI is InChI=1S/C19H16ClN5O3S/c1-26-14-7-12(8-15(9-14)27-2)17-21-19(25-23-17)29-10-16-22-24-18(28-16)11-3-5-13(20)6-4-11/h3-9H,10H2,1-2H3,(H,21,23,25). The highest BCUT2D eigenvalue weighted by Gasteiger charge is 2.13. The Balaban J connectivity index is 1.44. The third-order valence-electron chi connectivity index (χ3n) is 3.97. The molecule has 0 fully saturated rings. The van der Waals surface area contributed by atoms with Crippen molar-refractivity contribution in [2.45, 2.75) is 10.9 Å². The molecule has 0 atom stereocenters. The van der Waals surface area contributed by atoms with Gasteiger partial charge in [-0.2, -0.15) is 0 Å². The molecule has 2 aromatic carbocycles. The van der Waals surface area contributed by atoms with Crippen molar-refractivity contribution in [3.05, 3.63) is 53.4 Å². The minimum Gasteiger partial charge on any atom is -0.497 e. The molecule has 4 rings (SSSR count). The Labute approximate surface area is 175 Å². The number of ether oxygens (including phenoxy) is 2. The highest BCUT2D eigenvalue weighted by molar-refractivity contribution is 7.98. The van der Waals surface area contributed by atoms with Gasteiger partial charge in [-0.05, 0) is 36.4 Å². The Kier molecular flexibility index (Phi) is 5.68. The van der Waals surface area contributed by atoms with E-state index in [-0.39, 0.29) is 0 Å². The smallest absolute Gasteiger partial charge is 0.247 e. The van der Waals surface area contributed by atoms with Gasteiger partial charge in [-0.1, -0.05) is 23.4 Å². The Bertz CT molecular complexity index is 1090. The second-order valence-electron chi connectivity index (χ2n) is 5.86. The Hall–Kier alpha value is -3.04. The quantitative estimate of drug-likeness (QED) is 0.429. The molecule has 0 aliphatic rings. The number of H-pyrrole nitrogens is 1. The molecule has 148 valence electrons. The molecule has 0 unspecified atom stereocenters. The third-order valence-corrected chi connectivity index (χ3v) is 5.06. The number of hydrogen-bond donors (Lipinski definition) is 1. The second-order valence-corrected chi connectivity index (χ2v) is 7.24. The summed E-state index contributed by atoms with van der Waals surface area (Å²) in [7, 11) is 3.20. The molecule has 0 amide bonds. The van der Waals surface area contributed by atoms with Gasteiger partial charge in [0.05, 0.1) is 20.0 Å². The normalized spacial score (nSPS) is 10.9. The second kappa shape index (κ2) is 8.54. The van der Waals surface area contributed by atoms with E-state index >= 15 is 0 Å². The molecule has 1 N–H and O–H groups in total. The van der Waals surface area contributed by atoms with Crippen LogP contribution in [-0.4, -0.2) is 39.6 Å². The maximum atomic E-state index is 5.90. The zero-order valence-corrected chi connectivity index (χ0v) is 17.1. The average Bonchev–Trinajstić information content (AvgIpc) is 3.42. The number of aromatic amines is 1. The van der Waals surface area contributed by atoms with Gasteiger partial charge < -0.3 is 13.9 Å². The van der Waals surface area contributed by atoms with Crippen LogP contribution < -0.4 is 9.47 Å². The lowest BCUT2D eigenvalue weighted by atomic mass is 10.2. The van der Waals surface area contributed by atoms with Gasteiger partial charge in [0.25, 0.3) is 0 Å². The fourth-order valence-corrected chi connectivity index (χ4v) is 3.29. The summed E-state index contributed by atoms with van der Waals surface area (Å²) in [6.45, 7) is 0. The summed E-state index contributed by atoms with van der Waals surface area (Å²) in [6.07, 6.45) is 0. The van der Waals surface area contributed by atoms with Gasteiger partial charge in [-0.25, -0.2) is 4.98 Å². The molecule has 4 aromatic rings. The van der Waals surface area contributed by atoms with Crippen LogP contribution in [0.5, 0.6) is 11.5 Å². The van der Waals surface area contributed by atoms with E-state index in [0.717, 1.165) is 11.1 Å². The Morgan fingerprint density at radius 3 is 2.41 bits per heavy atom. The van der Waals surface area contributed by atoms with Crippen molar-refractivity contribution in [2.24, 2.45) is 0 Å². The summed E-state index contributed by atoms with van der Waals surface area (Å²) in [5, 5.41) is 16.5. The summed E-state index contributed by atoms with van der Waals surface area (Å²) in [6, 6.07) is 12.7. The minimum atomic E-state index is 0.441. The number of benzene rings is 2. The van der Waals surface area contributed by atoms with E-state index in [1.165, 1.54) is 11.8 Å². The number of nitrogens with one attached hydrogen (secondary N) is 1. The van der Waals surface area contributed by atoms with Gasteiger partial charge in [0.2, 0.25) is 16.9 Å². The molecule has 0 aliphatic carbocycles. The first-order valence-electron chi connectivity index (χ1n) is 8.51. The van der Waals surface area contributed by atoms with E-state index in [0.29, 0.717) is 45.0 Å². The fraction of sp³-hybridized carbons (Fsp3) is 0.158. The van der Waals surface area contributed by atoms with Crippen molar-refractivity contribution < 1.29 is 13.9 Å². The van der Waals surface area contributed by atoms with Gasteiger partial charge in [-0.15, -0.1) is 15.3 Å². The van der Waals surface area contributed by atoms with E-state index in [1.54, 1.807) is 32.4 Å². The van der Waals surface area contributed by atoms with Crippen molar-refractivity contribution in [2.75, 3.05) is 14.2 Å². The minimum absolute atomic E-state index is 0.441. The van der Waals surface area contributed by atoms with E-state index in [1.807, 2.05) is 24.3 Å². The molecule has 10 heteroatoms. The number of nitrogens with zero attached hydrogens (tertiary/aromatic N) is 4. The Morgan fingerprint density at radius 2 is 1.72 bits per heavy atom. The highest BCUT2D eigenvalue weighted by Crippen LogP contribution is 2.29. The highest BCUT2D eigenvalue weighted by atomic mass is 35.5. The van der Waals surface area contributed by atoms with E-state index in [9.17, 15) is 0 Å². The maximum Gasteiger partial charge on any atom is 0.247 e.